The summed E-state index contributed by atoms with van der Waals surface area (Å²) in [4.78, 5) is 12.9. The highest BCUT2D eigenvalue weighted by Crippen LogP contribution is 2.32. The molecule has 1 atom stereocenters. The van der Waals surface area contributed by atoms with Crippen LogP contribution in [0.1, 0.15) is 29.7 Å². The molecule has 0 saturated carbocycles. The smallest absolute Gasteiger partial charge is 0.313 e. The molecule has 0 aliphatic heterocycles. The Morgan fingerprint density at radius 1 is 1.00 bits per heavy atom. The molecular weight excluding hydrogens is 483 g/mol. The van der Waals surface area contributed by atoms with Gasteiger partial charge in [-0.15, -0.1) is 0 Å². The van der Waals surface area contributed by atoms with Crippen LogP contribution in [0.15, 0.2) is 72.8 Å². The molecule has 0 unspecified atom stereocenters. The van der Waals surface area contributed by atoms with Gasteiger partial charge in [0, 0.05) is 12.0 Å². The fraction of sp³-hybridized carbons (Fsp3) is 0.214. The standard InChI is InChI=1S/C28H26Cl2N2O3/c1-4-35-28(33)24(19-7-5-6-18(2)14-19)16-21-17-27(20-8-13-25(29)26(30)15-20)32(31-21)22-9-11-23(34-3)12-10-22/h5-15,17,24H,4,16H2,1-3H3/t24-/m1/s1. The molecule has 180 valence electrons. The van der Waals surface area contributed by atoms with Crippen molar-refractivity contribution >= 4 is 29.2 Å². The van der Waals surface area contributed by atoms with E-state index in [1.807, 2.05) is 85.3 Å². The monoisotopic (exact) mass is 508 g/mol. The van der Waals surface area contributed by atoms with Gasteiger partial charge < -0.3 is 9.47 Å². The number of carbonyl (C=O) groups excluding carboxylic acids is 1. The van der Waals surface area contributed by atoms with E-state index in [0.717, 1.165) is 39.5 Å². The molecule has 4 rings (SSSR count). The second kappa shape index (κ2) is 11.0. The molecule has 0 aliphatic carbocycles. The molecule has 4 aromatic rings. The Morgan fingerprint density at radius 2 is 1.77 bits per heavy atom. The molecule has 0 aliphatic rings. The number of benzene rings is 3. The van der Waals surface area contributed by atoms with Crippen molar-refractivity contribution in [2.45, 2.75) is 26.2 Å². The Balaban J connectivity index is 1.79. The zero-order chi connectivity index (χ0) is 24.9. The van der Waals surface area contributed by atoms with Crippen molar-refractivity contribution in [1.82, 2.24) is 9.78 Å². The zero-order valence-electron chi connectivity index (χ0n) is 19.8. The number of halogens is 2. The lowest BCUT2D eigenvalue weighted by atomic mass is 9.93. The van der Waals surface area contributed by atoms with E-state index in [-0.39, 0.29) is 5.97 Å². The fourth-order valence-corrected chi connectivity index (χ4v) is 4.29. The van der Waals surface area contributed by atoms with E-state index >= 15 is 0 Å². The maximum Gasteiger partial charge on any atom is 0.313 e. The first-order valence-electron chi connectivity index (χ1n) is 11.3. The van der Waals surface area contributed by atoms with E-state index in [9.17, 15) is 4.79 Å². The fourth-order valence-electron chi connectivity index (χ4n) is 3.99. The topological polar surface area (TPSA) is 53.4 Å². The number of aromatic nitrogens is 2. The second-order valence-corrected chi connectivity index (χ2v) is 9.00. The number of nitrogens with zero attached hydrogens (tertiary/aromatic N) is 2. The predicted octanol–water partition coefficient (Wildman–Crippen LogP) is 7.05. The molecule has 5 nitrogen and oxygen atoms in total. The SMILES string of the molecule is CCOC(=O)[C@H](Cc1cc(-c2ccc(Cl)c(Cl)c2)n(-c2ccc(OC)cc2)n1)c1cccc(C)c1. The van der Waals surface area contributed by atoms with Gasteiger partial charge in [-0.3, -0.25) is 4.79 Å². The Bertz CT molecular complexity index is 1330. The van der Waals surface area contributed by atoms with Crippen molar-refractivity contribution in [3.05, 3.63) is 99.7 Å². The van der Waals surface area contributed by atoms with E-state index in [1.54, 1.807) is 13.2 Å². The molecule has 35 heavy (non-hydrogen) atoms. The second-order valence-electron chi connectivity index (χ2n) is 8.18. The molecule has 3 aromatic carbocycles. The molecule has 0 amide bonds. The molecule has 1 aromatic heterocycles. The van der Waals surface area contributed by atoms with Crippen LogP contribution in [-0.2, 0) is 16.0 Å². The van der Waals surface area contributed by atoms with Crippen molar-refractivity contribution in [2.75, 3.05) is 13.7 Å². The van der Waals surface area contributed by atoms with Crippen LogP contribution in [0.3, 0.4) is 0 Å². The van der Waals surface area contributed by atoms with Crippen LogP contribution in [0.5, 0.6) is 5.75 Å². The molecule has 0 spiro atoms. The van der Waals surface area contributed by atoms with Gasteiger partial charge in [-0.2, -0.15) is 5.10 Å². The van der Waals surface area contributed by atoms with E-state index in [0.29, 0.717) is 23.1 Å². The summed E-state index contributed by atoms with van der Waals surface area (Å²) >= 11 is 12.5. The predicted molar refractivity (Wildman–Crippen MR) is 140 cm³/mol. The number of esters is 1. The van der Waals surface area contributed by atoms with Crippen LogP contribution in [0.2, 0.25) is 10.0 Å². The highest BCUT2D eigenvalue weighted by molar-refractivity contribution is 6.42. The quantitative estimate of drug-likeness (QED) is 0.239. The lowest BCUT2D eigenvalue weighted by Gasteiger charge is -2.15. The number of ether oxygens (including phenoxy) is 2. The number of hydrogen-bond donors (Lipinski definition) is 0. The van der Waals surface area contributed by atoms with Crippen LogP contribution in [0.25, 0.3) is 16.9 Å². The van der Waals surface area contributed by atoms with Gasteiger partial charge in [0.2, 0.25) is 0 Å². The van der Waals surface area contributed by atoms with E-state index in [4.69, 9.17) is 37.8 Å². The summed E-state index contributed by atoms with van der Waals surface area (Å²) in [6.07, 6.45) is 0.389. The molecule has 0 fully saturated rings. The molecule has 1 heterocycles. The van der Waals surface area contributed by atoms with Gasteiger partial charge in [0.05, 0.1) is 46.8 Å². The summed E-state index contributed by atoms with van der Waals surface area (Å²) in [5, 5.41) is 5.82. The average Bonchev–Trinajstić information content (AvgIpc) is 3.28. The normalized spacial score (nSPS) is 11.8. The third-order valence-corrected chi connectivity index (χ3v) is 6.46. The van der Waals surface area contributed by atoms with E-state index < -0.39 is 5.92 Å². The number of carbonyl (C=O) groups is 1. The number of methoxy groups -OCH3 is 1. The molecule has 0 N–H and O–H groups in total. The van der Waals surface area contributed by atoms with Crippen LogP contribution in [0.4, 0.5) is 0 Å². The maximum atomic E-state index is 12.9. The van der Waals surface area contributed by atoms with Gasteiger partial charge in [-0.25, -0.2) is 4.68 Å². The lowest BCUT2D eigenvalue weighted by molar-refractivity contribution is -0.145. The van der Waals surface area contributed by atoms with Gasteiger partial charge in [-0.1, -0.05) is 59.1 Å². The molecule has 0 saturated heterocycles. The van der Waals surface area contributed by atoms with Crippen molar-refractivity contribution in [3.8, 4) is 22.7 Å². The first-order valence-corrected chi connectivity index (χ1v) is 12.1. The maximum absolute atomic E-state index is 12.9. The first-order chi connectivity index (χ1) is 16.9. The van der Waals surface area contributed by atoms with Gasteiger partial charge in [0.15, 0.2) is 0 Å². The minimum Gasteiger partial charge on any atom is -0.497 e. The molecular formula is C28H26Cl2N2O3. The minimum atomic E-state index is -0.476. The third kappa shape index (κ3) is 5.69. The van der Waals surface area contributed by atoms with Gasteiger partial charge in [0.25, 0.3) is 0 Å². The summed E-state index contributed by atoms with van der Waals surface area (Å²) in [5.74, 6) is 0.00273. The molecule has 0 bridgehead atoms. The Labute approximate surface area is 215 Å². The summed E-state index contributed by atoms with van der Waals surface area (Å²) in [6.45, 7) is 4.13. The van der Waals surface area contributed by atoms with Crippen molar-refractivity contribution in [1.29, 1.82) is 0 Å². The third-order valence-electron chi connectivity index (χ3n) is 5.72. The highest BCUT2D eigenvalue weighted by atomic mass is 35.5. The van der Waals surface area contributed by atoms with Gasteiger partial charge in [-0.05, 0) is 61.9 Å². The average molecular weight is 509 g/mol. The number of aryl methyl sites for hydroxylation is 1. The first kappa shape index (κ1) is 24.8. The summed E-state index contributed by atoms with van der Waals surface area (Å²) < 4.78 is 12.6. The summed E-state index contributed by atoms with van der Waals surface area (Å²) in [6, 6.07) is 23.0. The lowest BCUT2D eigenvalue weighted by Crippen LogP contribution is -2.19. The van der Waals surface area contributed by atoms with E-state index in [1.165, 1.54) is 0 Å². The van der Waals surface area contributed by atoms with Crippen LogP contribution < -0.4 is 4.74 Å². The Hall–Kier alpha value is -3.28. The number of hydrogen-bond acceptors (Lipinski definition) is 4. The van der Waals surface area contributed by atoms with Crippen molar-refractivity contribution in [3.63, 3.8) is 0 Å². The van der Waals surface area contributed by atoms with Crippen LogP contribution in [-0.4, -0.2) is 29.5 Å². The number of rotatable bonds is 8. The summed E-state index contributed by atoms with van der Waals surface area (Å²) in [7, 11) is 1.63. The largest absolute Gasteiger partial charge is 0.497 e. The van der Waals surface area contributed by atoms with Gasteiger partial charge in [0.1, 0.15) is 5.75 Å². The van der Waals surface area contributed by atoms with Crippen LogP contribution in [0, 0.1) is 6.92 Å². The molecule has 0 radical (unpaired) electrons. The minimum absolute atomic E-state index is 0.270. The highest BCUT2D eigenvalue weighted by Gasteiger charge is 2.25. The van der Waals surface area contributed by atoms with Crippen LogP contribution >= 0.6 is 23.2 Å². The van der Waals surface area contributed by atoms with Crippen molar-refractivity contribution < 1.29 is 14.3 Å². The Kier molecular flexibility index (Phi) is 7.79. The zero-order valence-corrected chi connectivity index (χ0v) is 21.3. The van der Waals surface area contributed by atoms with Gasteiger partial charge >= 0.3 is 5.97 Å². The molecule has 7 heteroatoms. The summed E-state index contributed by atoms with van der Waals surface area (Å²) in [5.41, 5.74) is 5.27. The Morgan fingerprint density at radius 3 is 2.43 bits per heavy atom. The van der Waals surface area contributed by atoms with E-state index in [2.05, 4.69) is 0 Å². The van der Waals surface area contributed by atoms with Crippen molar-refractivity contribution in [2.24, 2.45) is 0 Å².